The van der Waals surface area contributed by atoms with E-state index in [0.717, 1.165) is 34.5 Å². The molecule has 3 N–H and O–H groups in total. The Kier molecular flexibility index (Phi) is 14.4. The smallest absolute Gasteiger partial charge is 0.550 e. The van der Waals surface area contributed by atoms with E-state index in [9.17, 15) is 29.3 Å². The molecule has 0 spiro atoms. The fraction of sp³-hybridized carbons (Fsp3) is 0.351. The van der Waals surface area contributed by atoms with Gasteiger partial charge in [-0.05, 0) is 81.6 Å². The van der Waals surface area contributed by atoms with Crippen LogP contribution in [-0.2, 0) is 24.3 Å². The van der Waals surface area contributed by atoms with Gasteiger partial charge in [-0.2, -0.15) is 0 Å². The molecular formula is C37H43FN3NaO5. The van der Waals surface area contributed by atoms with Crippen LogP contribution in [-0.4, -0.2) is 57.9 Å². The van der Waals surface area contributed by atoms with Crippen molar-refractivity contribution in [3.63, 3.8) is 0 Å². The SMILES string of the molecule is CC(C)n1c(CC[C@@H](O)C[C@@H](O)CC(=O)[O-])c(-c2ccc(F)cc2)c(-c2ccccc2)c1C(=O)NCc1cccc(CN(C)C)c1.[Na+]. The molecule has 0 saturated heterocycles. The van der Waals surface area contributed by atoms with Gasteiger partial charge in [0, 0.05) is 48.3 Å². The first-order valence-electron chi connectivity index (χ1n) is 15.6. The van der Waals surface area contributed by atoms with E-state index < -0.39 is 24.6 Å². The van der Waals surface area contributed by atoms with Gasteiger partial charge in [0.1, 0.15) is 11.5 Å². The number of hydrogen-bond donors (Lipinski definition) is 3. The predicted molar refractivity (Wildman–Crippen MR) is 175 cm³/mol. The number of aliphatic hydroxyl groups is 2. The number of aliphatic carboxylic acids is 1. The van der Waals surface area contributed by atoms with E-state index in [4.69, 9.17) is 0 Å². The van der Waals surface area contributed by atoms with Crippen LogP contribution < -0.4 is 40.0 Å². The Balaban J connectivity index is 0.00000600. The van der Waals surface area contributed by atoms with Crippen molar-refractivity contribution in [1.82, 2.24) is 14.8 Å². The number of nitrogens with one attached hydrogen (secondary N) is 1. The molecule has 0 bridgehead atoms. The van der Waals surface area contributed by atoms with Gasteiger partial charge in [0.2, 0.25) is 0 Å². The topological polar surface area (TPSA) is 118 Å². The summed E-state index contributed by atoms with van der Waals surface area (Å²) in [5.41, 5.74) is 6.29. The number of carboxylic acids is 1. The van der Waals surface area contributed by atoms with E-state index in [1.807, 2.05) is 75.0 Å². The van der Waals surface area contributed by atoms with Gasteiger partial charge in [-0.1, -0.05) is 66.7 Å². The fourth-order valence-electron chi connectivity index (χ4n) is 5.97. The number of carbonyl (C=O) groups excluding carboxylic acids is 2. The number of aromatic nitrogens is 1. The molecule has 1 amide bonds. The molecule has 244 valence electrons. The van der Waals surface area contributed by atoms with Crippen molar-refractivity contribution in [2.24, 2.45) is 0 Å². The van der Waals surface area contributed by atoms with Gasteiger partial charge in [0.05, 0.1) is 12.2 Å². The van der Waals surface area contributed by atoms with E-state index in [1.165, 1.54) is 12.1 Å². The second-order valence-corrected chi connectivity index (χ2v) is 12.3. The van der Waals surface area contributed by atoms with Crippen molar-refractivity contribution in [2.75, 3.05) is 14.1 Å². The standard InChI is InChI=1S/C37H44FN3O5.Na/c1-24(2)41-32(18-17-30(42)20-31(43)21-33(44)45)34(28-13-15-29(38)16-14-28)35(27-11-6-5-7-12-27)36(41)37(46)39-22-25-9-8-10-26(19-25)23-40(3)4;/h5-16,19,24,30-31,42-43H,17-18,20-23H2,1-4H3,(H,39,46)(H,44,45);/q;+1/p-1/t30-,31-;/m1./s1. The first-order valence-corrected chi connectivity index (χ1v) is 15.6. The molecule has 4 aromatic rings. The van der Waals surface area contributed by atoms with Crippen molar-refractivity contribution >= 4 is 11.9 Å². The molecule has 0 fully saturated rings. The molecule has 10 heteroatoms. The van der Waals surface area contributed by atoms with Gasteiger partial charge in [-0.3, -0.25) is 4.79 Å². The van der Waals surface area contributed by atoms with Gasteiger partial charge < -0.3 is 34.9 Å². The van der Waals surface area contributed by atoms with Gasteiger partial charge in [0.25, 0.3) is 5.91 Å². The molecule has 47 heavy (non-hydrogen) atoms. The summed E-state index contributed by atoms with van der Waals surface area (Å²) in [5, 5.41) is 35.0. The summed E-state index contributed by atoms with van der Waals surface area (Å²) in [5.74, 6) is -2.05. The van der Waals surface area contributed by atoms with Crippen LogP contribution in [0.5, 0.6) is 0 Å². The van der Waals surface area contributed by atoms with Gasteiger partial charge in [0.15, 0.2) is 0 Å². The zero-order valence-electron chi connectivity index (χ0n) is 27.9. The minimum Gasteiger partial charge on any atom is -0.550 e. The Morgan fingerprint density at radius 2 is 1.53 bits per heavy atom. The second kappa shape index (κ2) is 17.7. The van der Waals surface area contributed by atoms with Crippen LogP contribution in [0.15, 0.2) is 78.9 Å². The molecule has 4 rings (SSSR count). The van der Waals surface area contributed by atoms with Crippen LogP contribution in [0.3, 0.4) is 0 Å². The summed E-state index contributed by atoms with van der Waals surface area (Å²) in [6.45, 7) is 5.05. The molecular weight excluding hydrogens is 608 g/mol. The number of nitrogens with zero attached hydrogens (tertiary/aromatic N) is 2. The number of amides is 1. The third kappa shape index (κ3) is 10.3. The largest absolute Gasteiger partial charge is 1.00 e. The summed E-state index contributed by atoms with van der Waals surface area (Å²) in [6.07, 6.45) is -2.44. The van der Waals surface area contributed by atoms with E-state index in [1.54, 1.807) is 12.1 Å². The van der Waals surface area contributed by atoms with Crippen LogP contribution in [0.2, 0.25) is 0 Å². The van der Waals surface area contributed by atoms with Gasteiger partial charge in [-0.15, -0.1) is 0 Å². The molecule has 2 atom stereocenters. The average molecular weight is 652 g/mol. The Morgan fingerprint density at radius 1 is 0.894 bits per heavy atom. The van der Waals surface area contributed by atoms with Crippen molar-refractivity contribution in [3.05, 3.63) is 107 Å². The van der Waals surface area contributed by atoms with Crippen LogP contribution in [0, 0.1) is 5.82 Å². The summed E-state index contributed by atoms with van der Waals surface area (Å²) in [6, 6.07) is 23.6. The third-order valence-electron chi connectivity index (χ3n) is 7.84. The number of benzene rings is 3. The minimum atomic E-state index is -1.39. The first-order chi connectivity index (χ1) is 21.9. The monoisotopic (exact) mass is 651 g/mol. The molecule has 0 aliphatic rings. The van der Waals surface area contributed by atoms with Crippen molar-refractivity contribution in [1.29, 1.82) is 0 Å². The molecule has 1 aromatic heterocycles. The maximum atomic E-state index is 14.3. The van der Waals surface area contributed by atoms with E-state index >= 15 is 0 Å². The van der Waals surface area contributed by atoms with Crippen molar-refractivity contribution in [2.45, 2.75) is 70.9 Å². The number of rotatable bonds is 15. The molecule has 8 nitrogen and oxygen atoms in total. The number of halogens is 1. The molecule has 0 unspecified atom stereocenters. The Morgan fingerprint density at radius 3 is 2.15 bits per heavy atom. The molecule has 1 heterocycles. The van der Waals surface area contributed by atoms with Crippen LogP contribution in [0.1, 0.15) is 66.5 Å². The number of carboxylic acid groups (broad SMARTS) is 1. The maximum Gasteiger partial charge on any atom is 1.00 e. The second-order valence-electron chi connectivity index (χ2n) is 12.3. The Bertz CT molecular complexity index is 1620. The quantitative estimate of drug-likeness (QED) is 0.169. The molecule has 0 saturated carbocycles. The van der Waals surface area contributed by atoms with E-state index in [-0.39, 0.29) is 60.2 Å². The van der Waals surface area contributed by atoms with Crippen LogP contribution in [0.4, 0.5) is 4.39 Å². The summed E-state index contributed by atoms with van der Waals surface area (Å²) in [4.78, 5) is 27.3. The first kappa shape index (κ1) is 38.1. The molecule has 0 aliphatic carbocycles. The summed E-state index contributed by atoms with van der Waals surface area (Å²) in [7, 11) is 4.01. The van der Waals surface area contributed by atoms with E-state index in [2.05, 4.69) is 22.3 Å². The zero-order valence-corrected chi connectivity index (χ0v) is 29.9. The minimum absolute atomic E-state index is 0. The van der Waals surface area contributed by atoms with Gasteiger partial charge >= 0.3 is 29.6 Å². The Hall–Kier alpha value is -3.31. The summed E-state index contributed by atoms with van der Waals surface area (Å²) < 4.78 is 16.1. The van der Waals surface area contributed by atoms with Crippen LogP contribution >= 0.6 is 0 Å². The number of carbonyl (C=O) groups is 2. The summed E-state index contributed by atoms with van der Waals surface area (Å²) >= 11 is 0. The third-order valence-corrected chi connectivity index (χ3v) is 7.84. The normalized spacial score (nSPS) is 12.5. The maximum absolute atomic E-state index is 14.3. The van der Waals surface area contributed by atoms with Crippen molar-refractivity contribution < 1.29 is 58.9 Å². The van der Waals surface area contributed by atoms with Crippen LogP contribution in [0.25, 0.3) is 22.3 Å². The Labute approximate surface area is 298 Å². The molecule has 0 radical (unpaired) electrons. The molecule has 0 aliphatic heterocycles. The number of aliphatic hydroxyl groups excluding tert-OH is 2. The van der Waals surface area contributed by atoms with Crippen molar-refractivity contribution in [3.8, 4) is 22.3 Å². The van der Waals surface area contributed by atoms with Gasteiger partial charge in [-0.25, -0.2) is 4.39 Å². The average Bonchev–Trinajstić information content (AvgIpc) is 3.34. The predicted octanol–water partition coefficient (Wildman–Crippen LogP) is 1.72. The van der Waals surface area contributed by atoms with E-state index in [0.29, 0.717) is 29.8 Å². The fourth-order valence-corrected chi connectivity index (χ4v) is 5.97. The zero-order chi connectivity index (χ0) is 33.4. The number of hydrogen-bond acceptors (Lipinski definition) is 6. The molecule has 3 aromatic carbocycles.